The van der Waals surface area contributed by atoms with Crippen LogP contribution in [0.4, 0.5) is 0 Å². The zero-order chi connectivity index (χ0) is 27.7. The van der Waals surface area contributed by atoms with Crippen LogP contribution in [0.3, 0.4) is 0 Å². The van der Waals surface area contributed by atoms with Crippen molar-refractivity contribution >= 4 is 29.4 Å². The molecule has 6 nitrogen and oxygen atoms in total. The Kier molecular flexibility index (Phi) is 6.71. The van der Waals surface area contributed by atoms with E-state index in [0.717, 1.165) is 11.9 Å². The minimum Gasteiger partial charge on any atom is -0.389 e. The van der Waals surface area contributed by atoms with Gasteiger partial charge in [0, 0.05) is 48.5 Å². The number of aliphatic hydroxyl groups excluding tert-OH is 1. The maximum Gasteiger partial charge on any atom is 0.160 e. The number of carbonyl (C=O) groups is 5. The highest BCUT2D eigenvalue weighted by molar-refractivity contribution is 6.06. The van der Waals surface area contributed by atoms with Crippen LogP contribution in [0.1, 0.15) is 93.4 Å². The van der Waals surface area contributed by atoms with Crippen LogP contribution in [-0.4, -0.2) is 40.6 Å². The molecule has 37 heavy (non-hydrogen) atoms. The van der Waals surface area contributed by atoms with Gasteiger partial charge in [0.05, 0.1) is 11.5 Å². The minimum atomic E-state index is -1.02. The fourth-order valence-corrected chi connectivity index (χ4v) is 8.71. The highest BCUT2D eigenvalue weighted by Gasteiger charge is 2.70. The molecule has 2 saturated carbocycles. The molecule has 7 atom stereocenters. The molecule has 0 radical (unpaired) electrons. The van der Waals surface area contributed by atoms with Crippen molar-refractivity contribution in [3.8, 4) is 0 Å². The van der Waals surface area contributed by atoms with Gasteiger partial charge in [0.15, 0.2) is 11.6 Å². The molecule has 0 aromatic heterocycles. The van der Waals surface area contributed by atoms with Crippen LogP contribution in [0.25, 0.3) is 0 Å². The van der Waals surface area contributed by atoms with Gasteiger partial charge in [-0.1, -0.05) is 40.2 Å². The van der Waals surface area contributed by atoms with E-state index < -0.39 is 27.8 Å². The maximum absolute atomic E-state index is 14.0. The van der Waals surface area contributed by atoms with Crippen LogP contribution in [-0.2, 0) is 24.0 Å². The number of carbonyl (C=O) groups excluding carboxylic acids is 5. The Morgan fingerprint density at radius 2 is 1.76 bits per heavy atom. The Balaban J connectivity index is 1.79. The van der Waals surface area contributed by atoms with Crippen LogP contribution >= 0.6 is 0 Å². The van der Waals surface area contributed by atoms with Gasteiger partial charge < -0.3 is 9.90 Å². The lowest BCUT2D eigenvalue weighted by Gasteiger charge is -2.60. The monoisotopic (exact) mass is 510 g/mol. The number of fused-ring (bicyclic) bond motifs is 4. The van der Waals surface area contributed by atoms with E-state index in [1.165, 1.54) is 0 Å². The topological polar surface area (TPSA) is 106 Å². The average Bonchev–Trinajstić information content (AvgIpc) is 2.99. The summed E-state index contributed by atoms with van der Waals surface area (Å²) in [6, 6.07) is 0. The van der Waals surface area contributed by atoms with Crippen LogP contribution in [0.2, 0.25) is 0 Å². The molecule has 6 heteroatoms. The maximum atomic E-state index is 14.0. The molecule has 4 aliphatic rings. The van der Waals surface area contributed by atoms with Crippen molar-refractivity contribution in [3.05, 3.63) is 22.8 Å². The molecule has 0 spiro atoms. The summed E-state index contributed by atoms with van der Waals surface area (Å²) >= 11 is 0. The van der Waals surface area contributed by atoms with Gasteiger partial charge in [-0.15, -0.1) is 0 Å². The number of hydrogen-bond donors (Lipinski definition) is 1. The molecule has 0 saturated heterocycles. The van der Waals surface area contributed by atoms with E-state index in [1.807, 2.05) is 41.5 Å². The van der Waals surface area contributed by atoms with Gasteiger partial charge in [0.25, 0.3) is 0 Å². The number of aliphatic hydroxyl groups is 1. The normalized spacial score (nSPS) is 40.2. The molecule has 1 N–H and O–H groups in total. The second-order valence-electron chi connectivity index (χ2n) is 13.5. The van der Waals surface area contributed by atoms with Gasteiger partial charge in [-0.05, 0) is 61.5 Å². The van der Waals surface area contributed by atoms with Crippen molar-refractivity contribution < 1.29 is 29.1 Å². The summed E-state index contributed by atoms with van der Waals surface area (Å²) < 4.78 is 0. The predicted octanol–water partition coefficient (Wildman–Crippen LogP) is 4.76. The van der Waals surface area contributed by atoms with E-state index in [9.17, 15) is 29.1 Å². The van der Waals surface area contributed by atoms with Gasteiger partial charge in [0.1, 0.15) is 17.9 Å². The fourth-order valence-electron chi connectivity index (χ4n) is 8.71. The smallest absolute Gasteiger partial charge is 0.160 e. The molecule has 0 heterocycles. The first kappa shape index (κ1) is 27.8. The van der Waals surface area contributed by atoms with Crippen LogP contribution in [0.5, 0.6) is 0 Å². The van der Waals surface area contributed by atoms with Crippen molar-refractivity contribution in [1.29, 1.82) is 0 Å². The molecular formula is C31H42O6. The zero-order valence-electron chi connectivity index (χ0n) is 23.4. The summed E-state index contributed by atoms with van der Waals surface area (Å²) in [4.78, 5) is 64.3. The van der Waals surface area contributed by atoms with E-state index >= 15 is 0 Å². The van der Waals surface area contributed by atoms with Crippen molar-refractivity contribution in [2.45, 2.75) is 99.5 Å². The molecule has 2 fully saturated rings. The number of rotatable bonds is 6. The number of allylic oxidation sites excluding steroid dienone is 3. The van der Waals surface area contributed by atoms with Crippen LogP contribution in [0.15, 0.2) is 22.8 Å². The first-order valence-corrected chi connectivity index (χ1v) is 13.7. The van der Waals surface area contributed by atoms with E-state index in [4.69, 9.17) is 0 Å². The van der Waals surface area contributed by atoms with E-state index in [-0.39, 0.29) is 60.1 Å². The summed E-state index contributed by atoms with van der Waals surface area (Å²) in [6.45, 7) is 13.5. The lowest BCUT2D eigenvalue weighted by Crippen LogP contribution is -2.59. The molecule has 0 bridgehead atoms. The summed E-state index contributed by atoms with van der Waals surface area (Å²) in [7, 11) is 0. The highest BCUT2D eigenvalue weighted by Crippen LogP contribution is 2.70. The first-order valence-electron chi connectivity index (χ1n) is 13.7. The molecule has 4 aliphatic carbocycles. The summed E-state index contributed by atoms with van der Waals surface area (Å²) in [5.74, 6) is -0.480. The standard InChI is InChI=1S/C31H42O6/c1-17(9-11-32)12-19(33)13-18(2)20-14-25(37)31(7)27-21(34)15-23-28(3,4)24(36)8-10-29(23,5)26(27)22(35)16-30(20,31)6/h11,13,17,20-21,23,34H,8-10,12,14-16H2,1-7H3/t17-,20-,21+,23+,29+,30-,31+/m1/s1. The third-order valence-electron chi connectivity index (χ3n) is 11.1. The zero-order valence-corrected chi connectivity index (χ0v) is 23.4. The molecule has 4 rings (SSSR count). The van der Waals surface area contributed by atoms with Crippen LogP contribution in [0, 0.1) is 39.4 Å². The largest absolute Gasteiger partial charge is 0.389 e. The average molecular weight is 511 g/mol. The molecule has 0 amide bonds. The number of ketones is 4. The molecule has 0 unspecified atom stereocenters. The van der Waals surface area contributed by atoms with E-state index in [0.29, 0.717) is 36.8 Å². The fraction of sp³-hybridized carbons (Fsp3) is 0.710. The second kappa shape index (κ2) is 8.93. The summed E-state index contributed by atoms with van der Waals surface area (Å²) in [5.41, 5.74) is -1.08. The van der Waals surface area contributed by atoms with Crippen LogP contribution < -0.4 is 0 Å². The Morgan fingerprint density at radius 1 is 1.11 bits per heavy atom. The SMILES string of the molecule is CC(=CC(=O)C[C@H](C)CC=O)[C@H]1CC(=O)[C@@]2(C)C3=C(C(=O)C[C@]12C)[C@@]1(C)CCC(=O)C(C)(C)[C@@H]1C[C@@H]3O. The number of aldehydes is 1. The number of Topliss-reactive ketones (excluding diaryl/α,β-unsaturated/α-hetero) is 3. The lowest BCUT2D eigenvalue weighted by atomic mass is 9.42. The minimum absolute atomic E-state index is 0.00164. The molecule has 202 valence electrons. The number of hydrogen-bond acceptors (Lipinski definition) is 6. The predicted molar refractivity (Wildman–Crippen MR) is 139 cm³/mol. The molecule has 0 aromatic rings. The molecular weight excluding hydrogens is 468 g/mol. The Morgan fingerprint density at radius 3 is 2.38 bits per heavy atom. The van der Waals surface area contributed by atoms with Crippen molar-refractivity contribution in [2.24, 2.45) is 39.4 Å². The Bertz CT molecular complexity index is 1140. The van der Waals surface area contributed by atoms with Gasteiger partial charge in [-0.3, -0.25) is 19.2 Å². The first-order chi connectivity index (χ1) is 17.1. The Labute approximate surface area is 220 Å². The van der Waals surface area contributed by atoms with E-state index in [1.54, 1.807) is 6.08 Å². The highest BCUT2D eigenvalue weighted by atomic mass is 16.3. The summed E-state index contributed by atoms with van der Waals surface area (Å²) in [6.07, 6.45) is 3.70. The van der Waals surface area contributed by atoms with Gasteiger partial charge >= 0.3 is 0 Å². The van der Waals surface area contributed by atoms with Gasteiger partial charge in [-0.2, -0.15) is 0 Å². The van der Waals surface area contributed by atoms with Crippen molar-refractivity contribution in [3.63, 3.8) is 0 Å². The summed E-state index contributed by atoms with van der Waals surface area (Å²) in [5, 5.41) is 11.6. The second-order valence-corrected chi connectivity index (χ2v) is 13.5. The Hall–Kier alpha value is -2.21. The van der Waals surface area contributed by atoms with Gasteiger partial charge in [-0.25, -0.2) is 0 Å². The third-order valence-corrected chi connectivity index (χ3v) is 11.1. The quantitative estimate of drug-likeness (QED) is 0.408. The molecule has 0 aromatic carbocycles. The van der Waals surface area contributed by atoms with Crippen molar-refractivity contribution in [2.75, 3.05) is 0 Å². The lowest BCUT2D eigenvalue weighted by molar-refractivity contribution is -0.146. The third kappa shape index (κ3) is 3.80. The van der Waals surface area contributed by atoms with Gasteiger partial charge in [0.2, 0.25) is 0 Å². The molecule has 0 aliphatic heterocycles. The van der Waals surface area contributed by atoms with E-state index in [2.05, 4.69) is 6.92 Å². The van der Waals surface area contributed by atoms with Crippen molar-refractivity contribution in [1.82, 2.24) is 0 Å².